The summed E-state index contributed by atoms with van der Waals surface area (Å²) in [6, 6.07) is 15.6. The Hall–Kier alpha value is -2.24. The summed E-state index contributed by atoms with van der Waals surface area (Å²) >= 11 is 0. The van der Waals surface area contributed by atoms with Crippen LogP contribution in [0.15, 0.2) is 107 Å². The van der Waals surface area contributed by atoms with Crippen molar-refractivity contribution >= 4 is 88.8 Å². The molecule has 0 amide bonds. The molecule has 3 aromatic rings. The van der Waals surface area contributed by atoms with Gasteiger partial charge in [0.2, 0.25) is 9.23 Å². The Labute approximate surface area is 383 Å². The van der Waals surface area contributed by atoms with Crippen LogP contribution in [0.1, 0.15) is 23.1 Å². The van der Waals surface area contributed by atoms with E-state index < -0.39 is 92.2 Å². The van der Waals surface area contributed by atoms with E-state index in [1.165, 1.54) is 42.5 Å². The number of hydrogen-bond donors (Lipinski definition) is 0. The fourth-order valence-electron chi connectivity index (χ4n) is 3.61. The third-order valence-corrected chi connectivity index (χ3v) is 10.4. The van der Waals surface area contributed by atoms with Crippen LogP contribution in [-0.2, 0) is 42.7 Å². The second-order valence-electron chi connectivity index (χ2n) is 10.9. The van der Waals surface area contributed by atoms with Gasteiger partial charge in [0.1, 0.15) is 10.1 Å². The van der Waals surface area contributed by atoms with Gasteiger partial charge in [-0.3, -0.25) is 4.18 Å². The molecule has 9 nitrogen and oxygen atoms in total. The molecule has 0 aliphatic carbocycles. The van der Waals surface area contributed by atoms with Crippen molar-refractivity contribution in [3.8, 4) is 0 Å². The van der Waals surface area contributed by atoms with Crippen LogP contribution < -0.4 is 29.6 Å². The summed E-state index contributed by atoms with van der Waals surface area (Å²) in [4.78, 5) is -0.854. The molecule has 0 radical (unpaired) electrons. The number of alkyl halides is 13. The third-order valence-electron chi connectivity index (χ3n) is 6.86. The number of benzene rings is 3. The summed E-state index contributed by atoms with van der Waals surface area (Å²) in [5.41, 5.74) is 2.00. The van der Waals surface area contributed by atoms with Crippen molar-refractivity contribution in [3.63, 3.8) is 0 Å². The average Bonchev–Trinajstić information content (AvgIpc) is 3.13. The summed E-state index contributed by atoms with van der Waals surface area (Å²) in [7, 11) is -0.420. The van der Waals surface area contributed by atoms with Crippen LogP contribution in [0.5, 0.6) is 0 Å². The van der Waals surface area contributed by atoms with Gasteiger partial charge in [0.25, 0.3) is 19.2 Å². The van der Waals surface area contributed by atoms with Crippen LogP contribution >= 0.6 is 32.0 Å². The van der Waals surface area contributed by atoms with Gasteiger partial charge in [-0.05, 0) is 53.1 Å². The quantitative estimate of drug-likeness (QED) is 0.0520. The van der Waals surface area contributed by atoms with Crippen LogP contribution in [0.2, 0.25) is 0 Å². The normalized spacial score (nSPS) is 12.8. The van der Waals surface area contributed by atoms with E-state index >= 15 is 0 Å². The fourth-order valence-corrected chi connectivity index (χ4v) is 5.76. The van der Waals surface area contributed by atoms with Gasteiger partial charge in [-0.15, -0.1) is 0 Å². The first-order valence-corrected chi connectivity index (χ1v) is 22.9. The van der Waals surface area contributed by atoms with E-state index in [-0.39, 0.29) is 39.3 Å². The summed E-state index contributed by atoms with van der Waals surface area (Å²) in [6.45, 7) is 8.30. The SMILES string of the molecule is C=Cc1ccc(S(=O)(=O)Cl)cc1.C=Cc1ccc(S(=O)(=O)OCCC(F)(F)C(F)(F)C(F)(F)C(F)(F)C(F)(F)C(F)(F)F)cc1.C=Cc1ccc(S(=O)(=O)[O-])cc1.O=S(Cl)Cl.[Na+]. The number of rotatable bonds is 14. The van der Waals surface area contributed by atoms with E-state index in [2.05, 4.69) is 45.3 Å². The van der Waals surface area contributed by atoms with Crippen LogP contribution in [0.3, 0.4) is 0 Å². The molecule has 0 aliphatic heterocycles. The molecule has 0 saturated heterocycles. The van der Waals surface area contributed by atoms with E-state index in [0.717, 1.165) is 35.4 Å². The van der Waals surface area contributed by atoms with Gasteiger partial charge in [0.15, 0.2) is 0 Å². The molecule has 0 aliphatic rings. The number of hydrogen-bond acceptors (Lipinski definition) is 9. The van der Waals surface area contributed by atoms with Gasteiger partial charge in [0, 0.05) is 38.5 Å². The Balaban J connectivity index is 0. The molecule has 0 unspecified atom stereocenters. The largest absolute Gasteiger partial charge is 1.00 e. The Bertz CT molecular complexity index is 2240. The van der Waals surface area contributed by atoms with Crippen molar-refractivity contribution in [3.05, 3.63) is 109 Å². The summed E-state index contributed by atoms with van der Waals surface area (Å²) in [5.74, 6) is -37.7. The van der Waals surface area contributed by atoms with Crippen molar-refractivity contribution in [1.29, 1.82) is 0 Å². The first-order valence-electron chi connectivity index (χ1n) is 15.0. The molecular formula is C32H25Cl3F13NaO9S4. The molecule has 0 N–H and O–H groups in total. The minimum absolute atomic E-state index is 0. The predicted molar refractivity (Wildman–Crippen MR) is 199 cm³/mol. The van der Waals surface area contributed by atoms with Gasteiger partial charge in [-0.25, -0.2) is 21.0 Å². The third kappa shape index (κ3) is 17.0. The molecule has 0 spiro atoms. The summed E-state index contributed by atoms with van der Waals surface area (Å²) < 4.78 is 258. The van der Waals surface area contributed by atoms with E-state index in [4.69, 9.17) is 14.9 Å². The van der Waals surface area contributed by atoms with E-state index in [0.29, 0.717) is 5.56 Å². The smallest absolute Gasteiger partial charge is 0.744 e. The van der Waals surface area contributed by atoms with Crippen molar-refractivity contribution < 1.29 is 125 Å². The van der Waals surface area contributed by atoms with E-state index in [1.54, 1.807) is 24.3 Å². The second kappa shape index (κ2) is 23.8. The molecule has 62 heavy (non-hydrogen) atoms. The van der Waals surface area contributed by atoms with E-state index in [1.807, 2.05) is 0 Å². The molecule has 0 aromatic heterocycles. The monoisotopic (exact) mass is 1060 g/mol. The second-order valence-corrected chi connectivity index (χ2v) is 19.0. The van der Waals surface area contributed by atoms with Gasteiger partial charge in [0.05, 0.1) is 21.3 Å². The zero-order valence-corrected chi connectivity index (χ0v) is 38.1. The molecule has 0 saturated carbocycles. The fraction of sp³-hybridized carbons (Fsp3) is 0.250. The predicted octanol–water partition coefficient (Wildman–Crippen LogP) is 7.70. The van der Waals surface area contributed by atoms with Crippen LogP contribution in [0, 0.1) is 0 Å². The summed E-state index contributed by atoms with van der Waals surface area (Å²) in [6.07, 6.45) is -5.85. The van der Waals surface area contributed by atoms with E-state index in [9.17, 15) is 86.9 Å². The molecule has 3 rings (SSSR count). The van der Waals surface area contributed by atoms with Crippen LogP contribution in [0.25, 0.3) is 18.2 Å². The molecule has 0 heterocycles. The van der Waals surface area contributed by atoms with Crippen LogP contribution in [0.4, 0.5) is 57.1 Å². The minimum atomic E-state index is -8.02. The minimum Gasteiger partial charge on any atom is -0.744 e. The van der Waals surface area contributed by atoms with Crippen molar-refractivity contribution in [2.24, 2.45) is 0 Å². The zero-order valence-electron chi connectivity index (χ0n) is 30.6. The molecule has 0 fully saturated rings. The van der Waals surface area contributed by atoms with Crippen molar-refractivity contribution in [2.75, 3.05) is 6.61 Å². The topological polar surface area (TPSA) is 152 Å². The molecule has 3 aromatic carbocycles. The molecule has 0 atom stereocenters. The number of halogens is 16. The van der Waals surface area contributed by atoms with Crippen LogP contribution in [-0.4, -0.2) is 76.4 Å². The molecular weight excluding hydrogens is 1030 g/mol. The standard InChI is InChI=1S/C16H11F13O3S.C8H7ClO2S.C8H8O3S.Cl2OS.Na/c1-2-9-3-5-10(6-4-9)33(30,31)32-8-7-11(17,18)12(19,20)13(21,22)14(23,24)15(25,26)16(27,28)29;2*1-2-7-3-5-8(6-4-7)12(9,10)11;1-4(2)3;/h2-6H,1,7-8H2;2-6H,1H2;2-6H,1H2,(H,9,10,11);;/q;;;;+1/p-1. The Kier molecular flexibility index (Phi) is 23.7. The Morgan fingerprint density at radius 3 is 1.13 bits per heavy atom. The maximum atomic E-state index is 13.6. The zero-order chi connectivity index (χ0) is 48.3. The first-order chi connectivity index (χ1) is 27.3. The first kappa shape index (κ1) is 61.8. The van der Waals surface area contributed by atoms with Gasteiger partial charge < -0.3 is 4.55 Å². The maximum Gasteiger partial charge on any atom is 1.00 e. The molecule has 30 heteroatoms. The molecule has 344 valence electrons. The van der Waals surface area contributed by atoms with Gasteiger partial charge >= 0.3 is 65.3 Å². The average molecular weight is 1060 g/mol. The Morgan fingerprint density at radius 2 is 0.855 bits per heavy atom. The Morgan fingerprint density at radius 1 is 0.565 bits per heavy atom. The van der Waals surface area contributed by atoms with Crippen molar-refractivity contribution in [2.45, 2.75) is 56.9 Å². The maximum absolute atomic E-state index is 13.6. The van der Waals surface area contributed by atoms with Crippen molar-refractivity contribution in [1.82, 2.24) is 0 Å². The van der Waals surface area contributed by atoms with Gasteiger partial charge in [-0.2, -0.15) is 65.5 Å². The summed E-state index contributed by atoms with van der Waals surface area (Å²) in [5, 5.41) is 0. The van der Waals surface area contributed by atoms with Gasteiger partial charge in [-0.1, -0.05) is 74.4 Å². The molecule has 0 bridgehead atoms.